The predicted octanol–water partition coefficient (Wildman–Crippen LogP) is 4.91. The Balaban J connectivity index is 1.74. The lowest BCUT2D eigenvalue weighted by molar-refractivity contribution is -0.127. The molecule has 0 saturated carbocycles. The SMILES string of the molecule is Cc1cccc(O[C@@H](C)C(=O)NCCSCc2c(F)cccc2Cl)c1C. The fourth-order valence-electron chi connectivity index (χ4n) is 2.33. The molecule has 1 atom stereocenters. The van der Waals surface area contributed by atoms with Gasteiger partial charge in [-0.3, -0.25) is 4.79 Å². The lowest BCUT2D eigenvalue weighted by Gasteiger charge is -2.17. The molecule has 0 fully saturated rings. The van der Waals surface area contributed by atoms with Crippen LogP contribution in [-0.4, -0.2) is 24.3 Å². The number of halogens is 2. The molecule has 0 heterocycles. The Morgan fingerprint density at radius 3 is 2.73 bits per heavy atom. The summed E-state index contributed by atoms with van der Waals surface area (Å²) in [6, 6.07) is 10.4. The van der Waals surface area contributed by atoms with Crippen molar-refractivity contribution >= 4 is 29.3 Å². The molecule has 2 rings (SSSR count). The summed E-state index contributed by atoms with van der Waals surface area (Å²) in [6.07, 6.45) is -0.582. The Kier molecular flexibility index (Phi) is 7.79. The molecule has 0 aliphatic carbocycles. The summed E-state index contributed by atoms with van der Waals surface area (Å²) in [5, 5.41) is 3.27. The van der Waals surface area contributed by atoms with Gasteiger partial charge in [-0.25, -0.2) is 4.39 Å². The normalized spacial score (nSPS) is 11.9. The Labute approximate surface area is 163 Å². The van der Waals surface area contributed by atoms with Crippen molar-refractivity contribution in [2.75, 3.05) is 12.3 Å². The van der Waals surface area contributed by atoms with Crippen LogP contribution in [-0.2, 0) is 10.5 Å². The van der Waals surface area contributed by atoms with E-state index in [4.69, 9.17) is 16.3 Å². The van der Waals surface area contributed by atoms with Gasteiger partial charge in [-0.2, -0.15) is 11.8 Å². The van der Waals surface area contributed by atoms with Gasteiger partial charge in [-0.1, -0.05) is 29.8 Å². The number of rotatable bonds is 8. The van der Waals surface area contributed by atoms with Gasteiger partial charge in [0.25, 0.3) is 5.91 Å². The quantitative estimate of drug-likeness (QED) is 0.645. The van der Waals surface area contributed by atoms with E-state index < -0.39 is 6.10 Å². The van der Waals surface area contributed by atoms with Crippen molar-refractivity contribution < 1.29 is 13.9 Å². The van der Waals surface area contributed by atoms with Crippen molar-refractivity contribution in [3.05, 3.63) is 63.9 Å². The van der Waals surface area contributed by atoms with Crippen molar-refractivity contribution in [2.45, 2.75) is 32.6 Å². The van der Waals surface area contributed by atoms with Gasteiger partial charge in [-0.05, 0) is 50.1 Å². The minimum atomic E-state index is -0.582. The highest BCUT2D eigenvalue weighted by atomic mass is 35.5. The molecule has 6 heteroatoms. The van der Waals surface area contributed by atoms with E-state index in [1.807, 2.05) is 32.0 Å². The third-order valence-corrected chi connectivity index (χ3v) is 5.42. The molecule has 1 amide bonds. The van der Waals surface area contributed by atoms with Crippen molar-refractivity contribution in [1.82, 2.24) is 5.32 Å². The predicted molar refractivity (Wildman–Crippen MR) is 107 cm³/mol. The molecule has 0 aromatic heterocycles. The Morgan fingerprint density at radius 1 is 1.27 bits per heavy atom. The minimum Gasteiger partial charge on any atom is -0.481 e. The van der Waals surface area contributed by atoms with Gasteiger partial charge in [0.15, 0.2) is 6.10 Å². The molecule has 3 nitrogen and oxygen atoms in total. The summed E-state index contributed by atoms with van der Waals surface area (Å²) in [6.45, 7) is 6.19. The first-order valence-electron chi connectivity index (χ1n) is 8.41. The van der Waals surface area contributed by atoms with Crippen LogP contribution in [0.2, 0.25) is 5.02 Å². The molecule has 2 aromatic rings. The molecule has 26 heavy (non-hydrogen) atoms. The zero-order valence-corrected chi connectivity index (χ0v) is 16.7. The molecule has 0 bridgehead atoms. The third kappa shape index (κ3) is 5.64. The summed E-state index contributed by atoms with van der Waals surface area (Å²) >= 11 is 7.51. The van der Waals surface area contributed by atoms with E-state index in [0.29, 0.717) is 28.6 Å². The number of nitrogens with one attached hydrogen (secondary N) is 1. The Hall–Kier alpha value is -1.72. The number of amides is 1. The van der Waals surface area contributed by atoms with E-state index in [1.165, 1.54) is 17.8 Å². The van der Waals surface area contributed by atoms with Gasteiger partial charge in [0, 0.05) is 28.6 Å². The van der Waals surface area contributed by atoms with Crippen LogP contribution in [0, 0.1) is 19.7 Å². The highest BCUT2D eigenvalue weighted by Crippen LogP contribution is 2.24. The third-order valence-electron chi connectivity index (χ3n) is 4.08. The highest BCUT2D eigenvalue weighted by molar-refractivity contribution is 7.98. The second-order valence-electron chi connectivity index (χ2n) is 6.00. The molecule has 0 radical (unpaired) electrons. The molecule has 0 unspecified atom stereocenters. The largest absolute Gasteiger partial charge is 0.481 e. The summed E-state index contributed by atoms with van der Waals surface area (Å²) in [4.78, 5) is 12.2. The van der Waals surface area contributed by atoms with Crippen LogP contribution in [0.15, 0.2) is 36.4 Å². The number of hydrogen-bond donors (Lipinski definition) is 1. The topological polar surface area (TPSA) is 38.3 Å². The first-order chi connectivity index (χ1) is 12.4. The smallest absolute Gasteiger partial charge is 0.260 e. The van der Waals surface area contributed by atoms with Crippen LogP contribution >= 0.6 is 23.4 Å². The molecule has 2 aromatic carbocycles. The van der Waals surface area contributed by atoms with E-state index in [1.54, 1.807) is 19.1 Å². The average molecular weight is 396 g/mol. The number of thioether (sulfide) groups is 1. The second kappa shape index (κ2) is 9.83. The number of carbonyl (C=O) groups excluding carboxylic acids is 1. The Bertz CT molecular complexity index is 749. The van der Waals surface area contributed by atoms with Crippen LogP contribution in [0.3, 0.4) is 0 Å². The molecule has 0 aliphatic rings. The molecule has 0 aliphatic heterocycles. The van der Waals surface area contributed by atoms with Crippen LogP contribution in [0.25, 0.3) is 0 Å². The van der Waals surface area contributed by atoms with Gasteiger partial charge in [0.2, 0.25) is 0 Å². The van der Waals surface area contributed by atoms with Gasteiger partial charge in [0.1, 0.15) is 11.6 Å². The van der Waals surface area contributed by atoms with Crippen LogP contribution < -0.4 is 10.1 Å². The summed E-state index contributed by atoms with van der Waals surface area (Å²) in [7, 11) is 0. The highest BCUT2D eigenvalue weighted by Gasteiger charge is 2.15. The zero-order valence-electron chi connectivity index (χ0n) is 15.1. The summed E-state index contributed by atoms with van der Waals surface area (Å²) in [5.41, 5.74) is 2.65. The first-order valence-corrected chi connectivity index (χ1v) is 9.94. The maximum absolute atomic E-state index is 13.7. The zero-order chi connectivity index (χ0) is 19.1. The minimum absolute atomic E-state index is 0.171. The van der Waals surface area contributed by atoms with E-state index in [0.717, 1.165) is 16.9 Å². The average Bonchev–Trinajstić information content (AvgIpc) is 2.60. The van der Waals surface area contributed by atoms with Crippen LogP contribution in [0.4, 0.5) is 4.39 Å². The van der Waals surface area contributed by atoms with Crippen molar-refractivity contribution in [2.24, 2.45) is 0 Å². The van der Waals surface area contributed by atoms with Crippen LogP contribution in [0.5, 0.6) is 5.75 Å². The van der Waals surface area contributed by atoms with E-state index >= 15 is 0 Å². The first kappa shape index (κ1) is 20.6. The summed E-state index contributed by atoms with van der Waals surface area (Å²) < 4.78 is 19.4. The monoisotopic (exact) mass is 395 g/mol. The molecule has 0 saturated heterocycles. The van der Waals surface area contributed by atoms with Crippen LogP contribution in [0.1, 0.15) is 23.6 Å². The van der Waals surface area contributed by atoms with E-state index in [2.05, 4.69) is 5.32 Å². The second-order valence-corrected chi connectivity index (χ2v) is 7.51. The lowest BCUT2D eigenvalue weighted by atomic mass is 10.1. The number of aryl methyl sites for hydroxylation is 1. The van der Waals surface area contributed by atoms with E-state index in [9.17, 15) is 9.18 Å². The standard InChI is InChI=1S/C20H23ClFNO2S/c1-13-6-4-9-19(14(13)2)25-15(3)20(24)23-10-11-26-12-16-17(21)7-5-8-18(16)22/h4-9,15H,10-12H2,1-3H3,(H,23,24)/t15-/m0/s1. The molecule has 0 spiro atoms. The lowest BCUT2D eigenvalue weighted by Crippen LogP contribution is -2.37. The molecule has 1 N–H and O–H groups in total. The molecule has 140 valence electrons. The fourth-order valence-corrected chi connectivity index (χ4v) is 3.53. The molecular weight excluding hydrogens is 373 g/mol. The Morgan fingerprint density at radius 2 is 2.00 bits per heavy atom. The maximum Gasteiger partial charge on any atom is 0.260 e. The fraction of sp³-hybridized carbons (Fsp3) is 0.350. The summed E-state index contributed by atoms with van der Waals surface area (Å²) in [5.74, 6) is 1.37. The number of benzene rings is 2. The molecular formula is C20H23ClFNO2S. The number of carbonyl (C=O) groups is 1. The number of hydrogen-bond acceptors (Lipinski definition) is 3. The van der Waals surface area contributed by atoms with Gasteiger partial charge in [0.05, 0.1) is 0 Å². The van der Waals surface area contributed by atoms with Gasteiger partial charge < -0.3 is 10.1 Å². The van der Waals surface area contributed by atoms with Gasteiger partial charge >= 0.3 is 0 Å². The van der Waals surface area contributed by atoms with Crippen molar-refractivity contribution in [1.29, 1.82) is 0 Å². The van der Waals surface area contributed by atoms with Crippen molar-refractivity contribution in [3.63, 3.8) is 0 Å². The maximum atomic E-state index is 13.7. The van der Waals surface area contributed by atoms with E-state index in [-0.39, 0.29) is 11.7 Å². The van der Waals surface area contributed by atoms with Crippen molar-refractivity contribution in [3.8, 4) is 5.75 Å². The number of ether oxygens (including phenoxy) is 1. The van der Waals surface area contributed by atoms with Gasteiger partial charge in [-0.15, -0.1) is 0 Å².